The zero-order chi connectivity index (χ0) is 15.6. The Labute approximate surface area is 126 Å². The Morgan fingerprint density at radius 1 is 0.952 bits per heavy atom. The Morgan fingerprint density at radius 3 is 2.19 bits per heavy atom. The lowest BCUT2D eigenvalue weighted by Crippen LogP contribution is -2.11. The molecule has 2 rings (SSSR count). The van der Waals surface area contributed by atoms with Crippen LogP contribution in [-0.2, 0) is 5.41 Å². The van der Waals surface area contributed by atoms with Crippen molar-refractivity contribution in [2.24, 2.45) is 0 Å². The summed E-state index contributed by atoms with van der Waals surface area (Å²) in [6.07, 6.45) is 0. The van der Waals surface area contributed by atoms with Crippen LogP contribution in [0.25, 0.3) is 0 Å². The maximum absolute atomic E-state index is 5.94. The van der Waals surface area contributed by atoms with Crippen molar-refractivity contribution < 1.29 is 9.47 Å². The molecule has 2 aromatic carbocycles. The number of nitrogen functional groups attached to an aromatic ring is 1. The number of methoxy groups -OCH3 is 1. The fourth-order valence-corrected chi connectivity index (χ4v) is 2.13. The molecule has 0 aromatic heterocycles. The van der Waals surface area contributed by atoms with Gasteiger partial charge >= 0.3 is 0 Å². The summed E-state index contributed by atoms with van der Waals surface area (Å²) in [5.74, 6) is 2.20. The van der Waals surface area contributed by atoms with Gasteiger partial charge in [0.25, 0.3) is 0 Å². The first kappa shape index (κ1) is 15.2. The number of anilines is 1. The fourth-order valence-electron chi connectivity index (χ4n) is 2.13. The number of ether oxygens (including phenoxy) is 2. The maximum Gasteiger partial charge on any atom is 0.133 e. The smallest absolute Gasteiger partial charge is 0.133 e. The van der Waals surface area contributed by atoms with E-state index in [1.54, 1.807) is 19.2 Å². The molecule has 0 aliphatic rings. The summed E-state index contributed by atoms with van der Waals surface area (Å²) in [5, 5.41) is 0. The van der Waals surface area contributed by atoms with Gasteiger partial charge in [0.15, 0.2) is 0 Å². The minimum atomic E-state index is 0.129. The van der Waals surface area contributed by atoms with Gasteiger partial charge in [-0.15, -0.1) is 0 Å². The van der Waals surface area contributed by atoms with Crippen molar-refractivity contribution >= 4 is 5.69 Å². The molecule has 2 aromatic rings. The van der Waals surface area contributed by atoms with Gasteiger partial charge in [0.1, 0.15) is 17.2 Å². The standard InChI is InChI=1S/C18H23NO2/c1-12-8-13(18(2,3)4)6-7-17(12)21-16-10-14(19)9-15(11-16)20-5/h6-11H,19H2,1-5H3. The van der Waals surface area contributed by atoms with Crippen LogP contribution in [0, 0.1) is 6.92 Å². The van der Waals surface area contributed by atoms with Gasteiger partial charge in [-0.05, 0) is 29.5 Å². The predicted molar refractivity (Wildman–Crippen MR) is 87.4 cm³/mol. The third-order valence-electron chi connectivity index (χ3n) is 3.41. The number of hydrogen-bond acceptors (Lipinski definition) is 3. The lowest BCUT2D eigenvalue weighted by atomic mass is 9.86. The molecule has 0 heterocycles. The first-order chi connectivity index (χ1) is 9.79. The van der Waals surface area contributed by atoms with Crippen molar-refractivity contribution in [3.8, 4) is 17.2 Å². The van der Waals surface area contributed by atoms with Gasteiger partial charge in [-0.1, -0.05) is 32.9 Å². The van der Waals surface area contributed by atoms with Gasteiger partial charge in [-0.3, -0.25) is 0 Å². The Morgan fingerprint density at radius 2 is 1.62 bits per heavy atom. The van der Waals surface area contributed by atoms with Crippen molar-refractivity contribution in [1.82, 2.24) is 0 Å². The quantitative estimate of drug-likeness (QED) is 0.833. The first-order valence-corrected chi connectivity index (χ1v) is 7.03. The molecule has 112 valence electrons. The van der Waals surface area contributed by atoms with Gasteiger partial charge in [-0.2, -0.15) is 0 Å². The van der Waals surface area contributed by atoms with E-state index in [0.717, 1.165) is 11.3 Å². The predicted octanol–water partition coefficient (Wildman–Crippen LogP) is 4.68. The highest BCUT2D eigenvalue weighted by atomic mass is 16.5. The summed E-state index contributed by atoms with van der Waals surface area (Å²) in [7, 11) is 1.61. The maximum atomic E-state index is 5.94. The molecule has 21 heavy (non-hydrogen) atoms. The van der Waals surface area contributed by atoms with E-state index < -0.39 is 0 Å². The van der Waals surface area contributed by atoms with Gasteiger partial charge in [-0.25, -0.2) is 0 Å². The van der Waals surface area contributed by atoms with E-state index in [1.807, 2.05) is 19.1 Å². The van der Waals surface area contributed by atoms with E-state index in [2.05, 4.69) is 32.9 Å². The van der Waals surface area contributed by atoms with Crippen LogP contribution in [-0.4, -0.2) is 7.11 Å². The average Bonchev–Trinajstić information content (AvgIpc) is 2.39. The topological polar surface area (TPSA) is 44.5 Å². The number of aryl methyl sites for hydroxylation is 1. The molecule has 0 bridgehead atoms. The number of rotatable bonds is 3. The zero-order valence-electron chi connectivity index (χ0n) is 13.4. The van der Waals surface area contributed by atoms with Gasteiger partial charge in [0.2, 0.25) is 0 Å². The molecule has 0 radical (unpaired) electrons. The van der Waals surface area contributed by atoms with Crippen molar-refractivity contribution in [3.05, 3.63) is 47.5 Å². The lowest BCUT2D eigenvalue weighted by Gasteiger charge is -2.20. The van der Waals surface area contributed by atoms with Crippen LogP contribution < -0.4 is 15.2 Å². The van der Waals surface area contributed by atoms with Crippen LogP contribution in [0.2, 0.25) is 0 Å². The number of benzene rings is 2. The SMILES string of the molecule is COc1cc(N)cc(Oc2ccc(C(C)(C)C)cc2C)c1. The van der Waals surface area contributed by atoms with Crippen molar-refractivity contribution in [3.63, 3.8) is 0 Å². The summed E-state index contributed by atoms with van der Waals surface area (Å²) in [6, 6.07) is 11.7. The van der Waals surface area contributed by atoms with Crippen LogP contribution in [0.15, 0.2) is 36.4 Å². The minimum absolute atomic E-state index is 0.129. The molecule has 0 saturated carbocycles. The average molecular weight is 285 g/mol. The first-order valence-electron chi connectivity index (χ1n) is 7.03. The van der Waals surface area contributed by atoms with Gasteiger partial charge < -0.3 is 15.2 Å². The van der Waals surface area contributed by atoms with E-state index in [1.165, 1.54) is 5.56 Å². The zero-order valence-corrected chi connectivity index (χ0v) is 13.4. The second-order valence-electron chi connectivity index (χ2n) is 6.27. The molecule has 0 atom stereocenters. The van der Waals surface area contributed by atoms with Crippen molar-refractivity contribution in [2.75, 3.05) is 12.8 Å². The highest BCUT2D eigenvalue weighted by molar-refractivity contribution is 5.52. The monoisotopic (exact) mass is 285 g/mol. The van der Waals surface area contributed by atoms with E-state index in [9.17, 15) is 0 Å². The summed E-state index contributed by atoms with van der Waals surface area (Å²) >= 11 is 0. The molecular formula is C18H23NO2. The summed E-state index contributed by atoms with van der Waals surface area (Å²) in [5.41, 5.74) is 8.99. The Bertz CT molecular complexity index is 642. The normalized spacial score (nSPS) is 11.3. The van der Waals surface area contributed by atoms with E-state index in [0.29, 0.717) is 17.2 Å². The summed E-state index contributed by atoms with van der Waals surface area (Å²) in [6.45, 7) is 8.65. The Kier molecular flexibility index (Phi) is 4.12. The second kappa shape index (κ2) is 5.68. The van der Waals surface area contributed by atoms with Crippen LogP contribution in [0.3, 0.4) is 0 Å². The van der Waals surface area contributed by atoms with E-state index in [4.69, 9.17) is 15.2 Å². The molecule has 0 saturated heterocycles. The second-order valence-corrected chi connectivity index (χ2v) is 6.27. The number of nitrogens with two attached hydrogens (primary N) is 1. The third kappa shape index (κ3) is 3.69. The van der Waals surface area contributed by atoms with Crippen LogP contribution >= 0.6 is 0 Å². The molecule has 0 unspecified atom stereocenters. The third-order valence-corrected chi connectivity index (χ3v) is 3.41. The van der Waals surface area contributed by atoms with Gasteiger partial charge in [0, 0.05) is 23.9 Å². The van der Waals surface area contributed by atoms with Crippen LogP contribution in [0.4, 0.5) is 5.69 Å². The van der Waals surface area contributed by atoms with Crippen LogP contribution in [0.5, 0.6) is 17.2 Å². The summed E-state index contributed by atoms with van der Waals surface area (Å²) in [4.78, 5) is 0. The molecule has 0 fully saturated rings. The molecular weight excluding hydrogens is 262 g/mol. The molecule has 0 spiro atoms. The molecule has 3 nitrogen and oxygen atoms in total. The highest BCUT2D eigenvalue weighted by Crippen LogP contribution is 2.32. The minimum Gasteiger partial charge on any atom is -0.497 e. The highest BCUT2D eigenvalue weighted by Gasteiger charge is 2.15. The molecule has 0 aliphatic carbocycles. The van der Waals surface area contributed by atoms with Crippen LogP contribution in [0.1, 0.15) is 31.9 Å². The molecule has 0 aliphatic heterocycles. The fraction of sp³-hybridized carbons (Fsp3) is 0.333. The van der Waals surface area contributed by atoms with Gasteiger partial charge in [0.05, 0.1) is 7.11 Å². The lowest BCUT2D eigenvalue weighted by molar-refractivity contribution is 0.409. The molecule has 0 amide bonds. The molecule has 2 N–H and O–H groups in total. The van der Waals surface area contributed by atoms with Crippen molar-refractivity contribution in [2.45, 2.75) is 33.1 Å². The van der Waals surface area contributed by atoms with E-state index in [-0.39, 0.29) is 5.41 Å². The number of hydrogen-bond donors (Lipinski definition) is 1. The van der Waals surface area contributed by atoms with E-state index >= 15 is 0 Å². The Hall–Kier alpha value is -2.16. The Balaban J connectivity index is 2.30. The summed E-state index contributed by atoms with van der Waals surface area (Å²) < 4.78 is 11.1. The van der Waals surface area contributed by atoms with Crippen molar-refractivity contribution in [1.29, 1.82) is 0 Å². The largest absolute Gasteiger partial charge is 0.497 e. The molecule has 3 heteroatoms.